The zero-order valence-corrected chi connectivity index (χ0v) is 16.2. The molecule has 0 saturated heterocycles. The van der Waals surface area contributed by atoms with E-state index < -0.39 is 0 Å². The van der Waals surface area contributed by atoms with E-state index in [-0.39, 0.29) is 11.9 Å². The van der Waals surface area contributed by atoms with E-state index in [2.05, 4.69) is 42.8 Å². The molecule has 1 fully saturated rings. The average molecular weight is 389 g/mol. The highest BCUT2D eigenvalue weighted by atomic mass is 16.1. The van der Waals surface area contributed by atoms with E-state index in [1.54, 1.807) is 13.1 Å². The van der Waals surface area contributed by atoms with Gasteiger partial charge in [-0.1, -0.05) is 0 Å². The van der Waals surface area contributed by atoms with Gasteiger partial charge in [-0.3, -0.25) is 4.79 Å². The van der Waals surface area contributed by atoms with E-state index in [9.17, 15) is 4.79 Å². The number of carbonyl (C=O) groups is 1. The molecule has 5 rings (SSSR count). The van der Waals surface area contributed by atoms with Gasteiger partial charge in [0.1, 0.15) is 11.3 Å². The molecule has 8 nitrogen and oxygen atoms in total. The summed E-state index contributed by atoms with van der Waals surface area (Å²) in [7, 11) is 0. The summed E-state index contributed by atoms with van der Waals surface area (Å²) in [6.45, 7) is 1.57. The molecule has 8 heteroatoms. The molecule has 3 N–H and O–H groups in total. The quantitative estimate of drug-likeness (QED) is 0.498. The number of rotatable bonds is 4. The molecular weight excluding hydrogens is 366 g/mol. The highest BCUT2D eigenvalue weighted by molar-refractivity contribution is 5.93. The van der Waals surface area contributed by atoms with Crippen molar-refractivity contribution in [2.75, 3.05) is 5.32 Å². The van der Waals surface area contributed by atoms with Gasteiger partial charge in [0, 0.05) is 66.5 Å². The molecule has 0 radical (unpaired) electrons. The molecule has 1 amide bonds. The summed E-state index contributed by atoms with van der Waals surface area (Å²) in [4.78, 5) is 28.0. The number of amides is 1. The molecule has 1 saturated carbocycles. The average Bonchev–Trinajstić information content (AvgIpc) is 3.35. The van der Waals surface area contributed by atoms with Crippen molar-refractivity contribution in [3.8, 4) is 11.1 Å². The number of H-pyrrole nitrogens is 1. The number of carbonyl (C=O) groups excluding carboxylic acids is 1. The smallest absolute Gasteiger partial charge is 0.224 e. The molecular formula is C21H23N7O. The van der Waals surface area contributed by atoms with Crippen LogP contribution in [0.2, 0.25) is 0 Å². The molecule has 0 aliphatic heterocycles. The summed E-state index contributed by atoms with van der Waals surface area (Å²) in [5.41, 5.74) is 3.89. The van der Waals surface area contributed by atoms with Crippen molar-refractivity contribution in [1.82, 2.24) is 29.7 Å². The third-order valence-corrected chi connectivity index (χ3v) is 5.60. The minimum atomic E-state index is 0.0462. The molecule has 0 atom stereocenters. The van der Waals surface area contributed by atoms with E-state index >= 15 is 0 Å². The normalized spacial score (nSPS) is 19.5. The van der Waals surface area contributed by atoms with Crippen molar-refractivity contribution in [2.24, 2.45) is 0 Å². The maximum absolute atomic E-state index is 11.2. The number of nitrogens with one attached hydrogen (secondary N) is 3. The lowest BCUT2D eigenvalue weighted by atomic mass is 9.91. The zero-order valence-electron chi connectivity index (χ0n) is 16.2. The summed E-state index contributed by atoms with van der Waals surface area (Å²) < 4.78 is 2.00. The monoisotopic (exact) mass is 389 g/mol. The minimum Gasteiger partial charge on any atom is -0.354 e. The Morgan fingerprint density at radius 2 is 2.00 bits per heavy atom. The summed E-state index contributed by atoms with van der Waals surface area (Å²) in [6, 6.07) is 4.68. The molecule has 1 aliphatic rings. The van der Waals surface area contributed by atoms with Gasteiger partial charge in [-0.25, -0.2) is 9.97 Å². The second-order valence-electron chi connectivity index (χ2n) is 7.66. The largest absolute Gasteiger partial charge is 0.354 e. The van der Waals surface area contributed by atoms with Crippen LogP contribution in [0.15, 0.2) is 43.1 Å². The molecule has 29 heavy (non-hydrogen) atoms. The van der Waals surface area contributed by atoms with E-state index in [4.69, 9.17) is 0 Å². The molecule has 0 aromatic carbocycles. The van der Waals surface area contributed by atoms with E-state index in [0.29, 0.717) is 12.0 Å². The maximum Gasteiger partial charge on any atom is 0.224 e. The van der Waals surface area contributed by atoms with Gasteiger partial charge in [-0.05, 0) is 37.8 Å². The number of pyridine rings is 1. The lowest BCUT2D eigenvalue weighted by Crippen LogP contribution is -2.39. The fourth-order valence-electron chi connectivity index (χ4n) is 4.15. The molecule has 0 spiro atoms. The third-order valence-electron chi connectivity index (χ3n) is 5.60. The molecule has 4 aromatic rings. The number of fused-ring (bicyclic) bond motifs is 2. The van der Waals surface area contributed by atoms with E-state index in [1.807, 2.05) is 29.1 Å². The summed E-state index contributed by atoms with van der Waals surface area (Å²) in [5.74, 6) is 0.684. The van der Waals surface area contributed by atoms with Gasteiger partial charge >= 0.3 is 0 Å². The highest BCUT2D eigenvalue weighted by Crippen LogP contribution is 2.28. The van der Waals surface area contributed by atoms with Crippen molar-refractivity contribution < 1.29 is 4.79 Å². The van der Waals surface area contributed by atoms with Crippen LogP contribution >= 0.6 is 0 Å². The number of hydrogen-bond donors (Lipinski definition) is 3. The van der Waals surface area contributed by atoms with Crippen LogP contribution in [0, 0.1) is 0 Å². The van der Waals surface area contributed by atoms with Crippen molar-refractivity contribution in [3.05, 3.63) is 43.1 Å². The Morgan fingerprint density at radius 1 is 1.17 bits per heavy atom. The predicted octanol–water partition coefficient (Wildman–Crippen LogP) is 3.13. The third kappa shape index (κ3) is 3.53. The summed E-state index contributed by atoms with van der Waals surface area (Å²) in [5, 5.41) is 7.45. The van der Waals surface area contributed by atoms with Crippen LogP contribution in [-0.4, -0.2) is 42.3 Å². The Morgan fingerprint density at radius 3 is 2.83 bits per heavy atom. The number of hydrogen-bond acceptors (Lipinski definition) is 5. The second kappa shape index (κ2) is 7.20. The Hall–Kier alpha value is -3.42. The maximum atomic E-state index is 11.2. The molecule has 148 valence electrons. The first kappa shape index (κ1) is 17.7. The molecule has 0 bridgehead atoms. The van der Waals surface area contributed by atoms with Crippen LogP contribution in [0.3, 0.4) is 0 Å². The van der Waals surface area contributed by atoms with Gasteiger partial charge in [0.2, 0.25) is 11.9 Å². The number of aromatic nitrogens is 5. The first-order chi connectivity index (χ1) is 14.2. The standard InChI is InChI=1S/C21H23N7O/c1-13(29)25-15-3-5-16(6-4-15)26-21-24-11-18-17(10-23-20(18)27-21)14-2-7-19-22-8-9-28(19)12-14/h2,7-12,15-16H,3-6H2,1H3,(H,25,29)(H2,23,24,26,27)/t15-,16+. The molecule has 4 aromatic heterocycles. The highest BCUT2D eigenvalue weighted by Gasteiger charge is 2.22. The van der Waals surface area contributed by atoms with Gasteiger partial charge in [0.05, 0.1) is 0 Å². The fraction of sp³-hybridized carbons (Fsp3) is 0.333. The first-order valence-electron chi connectivity index (χ1n) is 9.96. The van der Waals surface area contributed by atoms with Crippen molar-refractivity contribution in [2.45, 2.75) is 44.7 Å². The number of anilines is 1. The van der Waals surface area contributed by atoms with Gasteiger partial charge < -0.3 is 20.0 Å². The minimum absolute atomic E-state index is 0.0462. The van der Waals surface area contributed by atoms with E-state index in [0.717, 1.165) is 53.5 Å². The van der Waals surface area contributed by atoms with Crippen LogP contribution in [0.25, 0.3) is 27.8 Å². The van der Waals surface area contributed by atoms with Crippen molar-refractivity contribution in [1.29, 1.82) is 0 Å². The summed E-state index contributed by atoms with van der Waals surface area (Å²) >= 11 is 0. The Balaban J connectivity index is 1.32. The summed E-state index contributed by atoms with van der Waals surface area (Å²) in [6.07, 6.45) is 13.6. The Kier molecular flexibility index (Phi) is 4.38. The zero-order chi connectivity index (χ0) is 19.8. The molecule has 4 heterocycles. The predicted molar refractivity (Wildman–Crippen MR) is 112 cm³/mol. The van der Waals surface area contributed by atoms with Crippen LogP contribution in [-0.2, 0) is 4.79 Å². The van der Waals surface area contributed by atoms with Crippen LogP contribution in [0.4, 0.5) is 5.95 Å². The van der Waals surface area contributed by atoms with Crippen LogP contribution < -0.4 is 10.6 Å². The number of nitrogens with zero attached hydrogens (tertiary/aromatic N) is 4. The van der Waals surface area contributed by atoms with Gasteiger partial charge in [0.15, 0.2) is 0 Å². The molecule has 1 aliphatic carbocycles. The van der Waals surface area contributed by atoms with Crippen molar-refractivity contribution >= 4 is 28.5 Å². The lowest BCUT2D eigenvalue weighted by molar-refractivity contribution is -0.119. The molecule has 0 unspecified atom stereocenters. The Bertz CT molecular complexity index is 1170. The Labute approximate surface area is 167 Å². The SMILES string of the molecule is CC(=O)N[C@H]1CC[C@@H](Nc2ncc3c(-c4ccc5nccn5c4)c[nH]c3n2)CC1. The van der Waals surface area contributed by atoms with Crippen molar-refractivity contribution in [3.63, 3.8) is 0 Å². The second-order valence-corrected chi connectivity index (χ2v) is 7.66. The van der Waals surface area contributed by atoms with Crippen LogP contribution in [0.5, 0.6) is 0 Å². The number of imidazole rings is 1. The van der Waals surface area contributed by atoms with E-state index in [1.165, 1.54) is 0 Å². The first-order valence-corrected chi connectivity index (χ1v) is 9.96. The van der Waals surface area contributed by atoms with Crippen LogP contribution in [0.1, 0.15) is 32.6 Å². The van der Waals surface area contributed by atoms with Gasteiger partial charge in [-0.2, -0.15) is 4.98 Å². The van der Waals surface area contributed by atoms with Gasteiger partial charge in [0.25, 0.3) is 0 Å². The lowest BCUT2D eigenvalue weighted by Gasteiger charge is -2.29. The van der Waals surface area contributed by atoms with Gasteiger partial charge in [-0.15, -0.1) is 0 Å². The number of aromatic amines is 1. The fourth-order valence-corrected chi connectivity index (χ4v) is 4.15. The topological polar surface area (TPSA) is 100 Å².